The van der Waals surface area contributed by atoms with Crippen LogP contribution in [0, 0.1) is 0 Å². The van der Waals surface area contributed by atoms with Crippen molar-refractivity contribution in [3.63, 3.8) is 0 Å². The zero-order valence-electron chi connectivity index (χ0n) is 8.69. The summed E-state index contributed by atoms with van der Waals surface area (Å²) in [6.07, 6.45) is 4.87. The summed E-state index contributed by atoms with van der Waals surface area (Å²) in [5.41, 5.74) is -0.0203. The highest BCUT2D eigenvalue weighted by molar-refractivity contribution is 5.75. The molecule has 0 aliphatic carbocycles. The van der Waals surface area contributed by atoms with Gasteiger partial charge in [0.25, 0.3) is 0 Å². The zero-order chi connectivity index (χ0) is 10.6. The van der Waals surface area contributed by atoms with Gasteiger partial charge in [-0.3, -0.25) is 13.9 Å². The van der Waals surface area contributed by atoms with E-state index in [2.05, 4.69) is 0 Å². The molecule has 0 aromatic carbocycles. The number of nitrogens with zero attached hydrogens (tertiary/aromatic N) is 2. The predicted octanol–water partition coefficient (Wildman–Crippen LogP) is 1.04. The Morgan fingerprint density at radius 2 is 1.86 bits per heavy atom. The quantitative estimate of drug-likeness (QED) is 0.706. The van der Waals surface area contributed by atoms with E-state index in [1.54, 1.807) is 21.5 Å². The first kappa shape index (κ1) is 10.8. The summed E-state index contributed by atoms with van der Waals surface area (Å²) in [6, 6.07) is 0. The Balaban J connectivity index is 2.69. The largest absolute Gasteiger partial charge is 0.328 e. The van der Waals surface area contributed by atoms with Crippen LogP contribution in [0.3, 0.4) is 0 Å². The molecule has 0 unspecified atom stereocenters. The van der Waals surface area contributed by atoms with Crippen LogP contribution >= 0.6 is 0 Å². The molecule has 0 radical (unpaired) electrons. The van der Waals surface area contributed by atoms with Gasteiger partial charge in [0, 0.05) is 31.9 Å². The van der Waals surface area contributed by atoms with Crippen LogP contribution in [-0.2, 0) is 17.9 Å². The average Bonchev–Trinajstić information content (AvgIpc) is 2.46. The van der Waals surface area contributed by atoms with Crippen LogP contribution in [0.25, 0.3) is 0 Å². The first-order chi connectivity index (χ1) is 6.65. The van der Waals surface area contributed by atoms with E-state index >= 15 is 0 Å². The highest BCUT2D eigenvalue weighted by atomic mass is 16.1. The number of imidazole rings is 1. The molecule has 4 heteroatoms. The van der Waals surface area contributed by atoms with Crippen LogP contribution in [0.4, 0.5) is 0 Å². The third kappa shape index (κ3) is 2.58. The standard InChI is InChI=1S/C10H16N2O2/c1-3-5-11-7-8-12(10(11)14)6-4-9(2)13/h7-8H,3-6H2,1-2H3. The zero-order valence-corrected chi connectivity index (χ0v) is 8.69. The number of aromatic nitrogens is 2. The Bertz CT molecular complexity index is 362. The Labute approximate surface area is 83.2 Å². The minimum Gasteiger partial charge on any atom is -0.300 e. The molecule has 0 N–H and O–H groups in total. The predicted molar refractivity (Wildman–Crippen MR) is 54.3 cm³/mol. The van der Waals surface area contributed by atoms with Crippen molar-refractivity contribution in [2.75, 3.05) is 0 Å². The summed E-state index contributed by atoms with van der Waals surface area (Å²) in [4.78, 5) is 22.3. The molecule has 0 amide bonds. The molecular formula is C10H16N2O2. The van der Waals surface area contributed by atoms with Crippen molar-refractivity contribution in [3.8, 4) is 0 Å². The van der Waals surface area contributed by atoms with Gasteiger partial charge in [0.15, 0.2) is 0 Å². The molecule has 0 fully saturated rings. The highest BCUT2D eigenvalue weighted by Gasteiger charge is 2.02. The number of rotatable bonds is 5. The lowest BCUT2D eigenvalue weighted by Gasteiger charge is -1.98. The molecule has 4 nitrogen and oxygen atoms in total. The number of ketones is 1. The molecule has 0 atom stereocenters. The number of Topliss-reactive ketones (excluding diaryl/α,β-unsaturated/α-hetero) is 1. The maximum absolute atomic E-state index is 11.6. The fourth-order valence-corrected chi connectivity index (χ4v) is 1.31. The summed E-state index contributed by atoms with van der Waals surface area (Å²) in [5, 5.41) is 0. The van der Waals surface area contributed by atoms with Crippen LogP contribution in [-0.4, -0.2) is 14.9 Å². The molecule has 0 saturated heterocycles. The number of aryl methyl sites for hydroxylation is 2. The molecule has 1 heterocycles. The summed E-state index contributed by atoms with van der Waals surface area (Å²) in [6.45, 7) is 4.80. The minimum atomic E-state index is -0.0203. The SMILES string of the molecule is CCCn1ccn(CCC(C)=O)c1=O. The highest BCUT2D eigenvalue weighted by Crippen LogP contribution is 1.91. The molecule has 0 aliphatic heterocycles. The van der Waals surface area contributed by atoms with Crippen molar-refractivity contribution >= 4 is 5.78 Å². The van der Waals surface area contributed by atoms with Gasteiger partial charge in [-0.2, -0.15) is 0 Å². The van der Waals surface area contributed by atoms with Gasteiger partial charge in [0.2, 0.25) is 0 Å². The summed E-state index contributed by atoms with van der Waals surface area (Å²) in [5.74, 6) is 0.111. The van der Waals surface area contributed by atoms with E-state index in [0.717, 1.165) is 13.0 Å². The average molecular weight is 196 g/mol. The van der Waals surface area contributed by atoms with E-state index < -0.39 is 0 Å². The van der Waals surface area contributed by atoms with Gasteiger partial charge in [-0.05, 0) is 13.3 Å². The fourth-order valence-electron chi connectivity index (χ4n) is 1.31. The van der Waals surface area contributed by atoms with E-state index in [1.807, 2.05) is 6.92 Å². The van der Waals surface area contributed by atoms with Crippen LogP contribution in [0.1, 0.15) is 26.7 Å². The van der Waals surface area contributed by atoms with E-state index in [4.69, 9.17) is 0 Å². The van der Waals surface area contributed by atoms with Crippen molar-refractivity contribution in [2.24, 2.45) is 0 Å². The number of hydrogen-bond acceptors (Lipinski definition) is 2. The van der Waals surface area contributed by atoms with Crippen molar-refractivity contribution in [1.29, 1.82) is 0 Å². The van der Waals surface area contributed by atoms with Crippen LogP contribution in [0.5, 0.6) is 0 Å². The molecule has 1 aromatic rings. The van der Waals surface area contributed by atoms with E-state index in [-0.39, 0.29) is 11.5 Å². The lowest BCUT2D eigenvalue weighted by Crippen LogP contribution is -2.24. The second-order valence-corrected chi connectivity index (χ2v) is 3.42. The first-order valence-corrected chi connectivity index (χ1v) is 4.90. The van der Waals surface area contributed by atoms with Crippen LogP contribution in [0.15, 0.2) is 17.2 Å². The summed E-state index contributed by atoms with van der Waals surface area (Å²) < 4.78 is 3.25. The third-order valence-corrected chi connectivity index (χ3v) is 2.09. The van der Waals surface area contributed by atoms with Crippen LogP contribution in [0.2, 0.25) is 0 Å². The normalized spacial score (nSPS) is 10.4. The Hall–Kier alpha value is -1.32. The Morgan fingerprint density at radius 1 is 1.29 bits per heavy atom. The maximum atomic E-state index is 11.6. The molecule has 0 bridgehead atoms. The monoisotopic (exact) mass is 196 g/mol. The molecule has 78 valence electrons. The minimum absolute atomic E-state index is 0.0203. The maximum Gasteiger partial charge on any atom is 0.328 e. The molecule has 1 aromatic heterocycles. The summed E-state index contributed by atoms with van der Waals surface area (Å²) >= 11 is 0. The van der Waals surface area contributed by atoms with Gasteiger partial charge >= 0.3 is 5.69 Å². The number of hydrogen-bond donors (Lipinski definition) is 0. The van der Waals surface area contributed by atoms with E-state index in [9.17, 15) is 9.59 Å². The van der Waals surface area contributed by atoms with Gasteiger partial charge in [-0.1, -0.05) is 6.92 Å². The van der Waals surface area contributed by atoms with E-state index in [0.29, 0.717) is 13.0 Å². The second-order valence-electron chi connectivity index (χ2n) is 3.42. The molecule has 0 spiro atoms. The van der Waals surface area contributed by atoms with Crippen LogP contribution < -0.4 is 5.69 Å². The van der Waals surface area contributed by atoms with Crippen molar-refractivity contribution < 1.29 is 4.79 Å². The Kier molecular flexibility index (Phi) is 3.68. The lowest BCUT2D eigenvalue weighted by molar-refractivity contribution is -0.117. The van der Waals surface area contributed by atoms with Crippen molar-refractivity contribution in [1.82, 2.24) is 9.13 Å². The smallest absolute Gasteiger partial charge is 0.300 e. The van der Waals surface area contributed by atoms with Gasteiger partial charge in [-0.15, -0.1) is 0 Å². The number of carbonyl (C=O) groups is 1. The third-order valence-electron chi connectivity index (χ3n) is 2.09. The topological polar surface area (TPSA) is 44.0 Å². The van der Waals surface area contributed by atoms with Gasteiger partial charge in [0.05, 0.1) is 0 Å². The van der Waals surface area contributed by atoms with Crippen molar-refractivity contribution in [2.45, 2.75) is 39.8 Å². The molecule has 1 rings (SSSR count). The van der Waals surface area contributed by atoms with Crippen molar-refractivity contribution in [3.05, 3.63) is 22.9 Å². The lowest BCUT2D eigenvalue weighted by atomic mass is 10.3. The number of carbonyl (C=O) groups excluding carboxylic acids is 1. The summed E-state index contributed by atoms with van der Waals surface area (Å²) in [7, 11) is 0. The first-order valence-electron chi connectivity index (χ1n) is 4.90. The second kappa shape index (κ2) is 4.79. The molecule has 0 saturated carbocycles. The molecule has 14 heavy (non-hydrogen) atoms. The fraction of sp³-hybridized carbons (Fsp3) is 0.600. The Morgan fingerprint density at radius 3 is 2.36 bits per heavy atom. The van der Waals surface area contributed by atoms with Gasteiger partial charge in [-0.25, -0.2) is 4.79 Å². The molecule has 0 aliphatic rings. The van der Waals surface area contributed by atoms with Gasteiger partial charge in [0.1, 0.15) is 5.78 Å². The molecular weight excluding hydrogens is 180 g/mol. The van der Waals surface area contributed by atoms with Gasteiger partial charge < -0.3 is 0 Å². The van der Waals surface area contributed by atoms with E-state index in [1.165, 1.54) is 6.92 Å².